The number of carbonyl (C=O) groups is 1. The van der Waals surface area contributed by atoms with Gasteiger partial charge in [0.1, 0.15) is 0 Å². The van der Waals surface area contributed by atoms with Crippen molar-refractivity contribution >= 4 is 11.7 Å². The molecule has 0 heterocycles. The van der Waals surface area contributed by atoms with Crippen LogP contribution in [0.25, 0.3) is 0 Å². The molecule has 0 bridgehead atoms. The lowest BCUT2D eigenvalue weighted by atomic mass is 10.0. The van der Waals surface area contributed by atoms with E-state index in [-0.39, 0.29) is 0 Å². The van der Waals surface area contributed by atoms with Crippen molar-refractivity contribution in [3.8, 4) is 0 Å². The second kappa shape index (κ2) is 11.1. The van der Waals surface area contributed by atoms with Crippen molar-refractivity contribution in [1.29, 1.82) is 0 Å². The minimum atomic E-state index is -0.876. The molecule has 0 saturated carbocycles. The van der Waals surface area contributed by atoms with Crippen LogP contribution in [-0.4, -0.2) is 17.1 Å². The van der Waals surface area contributed by atoms with E-state index in [0.29, 0.717) is 11.6 Å². The number of carboxylic acid groups (broad SMARTS) is 1. The summed E-state index contributed by atoms with van der Waals surface area (Å²) in [6, 6.07) is 7.40. The quantitative estimate of drug-likeness (QED) is 0.486. The Morgan fingerprint density at radius 1 is 1.00 bits per heavy atom. The fourth-order valence-corrected chi connectivity index (χ4v) is 2.65. The fourth-order valence-electron chi connectivity index (χ4n) is 2.65. The summed E-state index contributed by atoms with van der Waals surface area (Å²) < 4.78 is 0. The Kier molecular flexibility index (Phi) is 9.36. The van der Waals surface area contributed by atoms with Crippen LogP contribution in [0.1, 0.15) is 82.0 Å². The van der Waals surface area contributed by atoms with E-state index < -0.39 is 5.97 Å². The Morgan fingerprint density at radius 2 is 1.55 bits per heavy atom. The van der Waals surface area contributed by atoms with Gasteiger partial charge in [0.15, 0.2) is 0 Å². The van der Waals surface area contributed by atoms with E-state index >= 15 is 0 Å². The summed E-state index contributed by atoms with van der Waals surface area (Å²) in [5, 5.41) is 12.3. The molecular weight excluding hydrogens is 274 g/mol. The molecule has 1 rings (SSSR count). The van der Waals surface area contributed by atoms with Gasteiger partial charge in [0.2, 0.25) is 0 Å². The maximum Gasteiger partial charge on any atom is 0.335 e. The second-order valence-corrected chi connectivity index (χ2v) is 6.19. The number of aromatic carboxylic acids is 1. The van der Waals surface area contributed by atoms with E-state index in [9.17, 15) is 4.79 Å². The van der Waals surface area contributed by atoms with Crippen LogP contribution in [0.2, 0.25) is 0 Å². The van der Waals surface area contributed by atoms with Gasteiger partial charge in [-0.3, -0.25) is 0 Å². The van der Waals surface area contributed by atoms with Crippen molar-refractivity contribution in [1.82, 2.24) is 0 Å². The summed E-state index contributed by atoms with van der Waals surface area (Å²) in [4.78, 5) is 10.8. The first-order valence-corrected chi connectivity index (χ1v) is 8.73. The van der Waals surface area contributed by atoms with E-state index in [1.165, 1.54) is 51.4 Å². The lowest BCUT2D eigenvalue weighted by molar-refractivity contribution is 0.0697. The van der Waals surface area contributed by atoms with Crippen LogP contribution in [-0.2, 0) is 0 Å². The van der Waals surface area contributed by atoms with Crippen molar-refractivity contribution in [2.75, 3.05) is 5.32 Å². The maximum absolute atomic E-state index is 10.8. The van der Waals surface area contributed by atoms with Gasteiger partial charge < -0.3 is 10.4 Å². The van der Waals surface area contributed by atoms with Crippen molar-refractivity contribution in [2.45, 2.75) is 77.7 Å². The van der Waals surface area contributed by atoms with E-state index in [0.717, 1.165) is 12.1 Å². The van der Waals surface area contributed by atoms with Gasteiger partial charge >= 0.3 is 5.97 Å². The molecule has 3 heteroatoms. The van der Waals surface area contributed by atoms with Crippen LogP contribution in [0.15, 0.2) is 24.3 Å². The molecule has 0 amide bonds. The highest BCUT2D eigenvalue weighted by atomic mass is 16.4. The van der Waals surface area contributed by atoms with Gasteiger partial charge in [0.25, 0.3) is 0 Å². The number of unbranched alkanes of at least 4 members (excludes halogenated alkanes) is 7. The van der Waals surface area contributed by atoms with Gasteiger partial charge in [0, 0.05) is 11.7 Å². The highest BCUT2D eigenvalue weighted by Gasteiger charge is 2.04. The van der Waals surface area contributed by atoms with Crippen LogP contribution in [0.3, 0.4) is 0 Å². The summed E-state index contributed by atoms with van der Waals surface area (Å²) in [7, 11) is 0. The molecule has 0 aliphatic carbocycles. The standard InChI is InChI=1S/C19H31NO2/c1-3-4-5-6-7-8-9-10-11-16(2)20-18-14-12-17(13-15-18)19(21)22/h12-16,20H,3-11H2,1-2H3,(H,21,22)/t16-/m0/s1. The lowest BCUT2D eigenvalue weighted by Crippen LogP contribution is -2.14. The SMILES string of the molecule is CCCCCCCCCC[C@H](C)Nc1ccc(C(=O)O)cc1. The molecule has 0 aliphatic rings. The predicted molar refractivity (Wildman–Crippen MR) is 93.7 cm³/mol. The van der Waals surface area contributed by atoms with Crippen LogP contribution in [0.5, 0.6) is 0 Å². The molecule has 0 saturated heterocycles. The topological polar surface area (TPSA) is 49.3 Å². The first-order valence-electron chi connectivity index (χ1n) is 8.73. The van der Waals surface area contributed by atoms with E-state index in [1.54, 1.807) is 12.1 Å². The molecule has 0 unspecified atom stereocenters. The molecule has 0 radical (unpaired) electrons. The van der Waals surface area contributed by atoms with Crippen LogP contribution in [0.4, 0.5) is 5.69 Å². The number of hydrogen-bond donors (Lipinski definition) is 2. The van der Waals surface area contributed by atoms with Gasteiger partial charge in [-0.1, -0.05) is 58.3 Å². The van der Waals surface area contributed by atoms with Crippen molar-refractivity contribution in [2.24, 2.45) is 0 Å². The molecule has 0 aromatic heterocycles. The third kappa shape index (κ3) is 8.06. The number of benzene rings is 1. The van der Waals surface area contributed by atoms with E-state index in [1.807, 2.05) is 12.1 Å². The van der Waals surface area contributed by atoms with Gasteiger partial charge in [-0.15, -0.1) is 0 Å². The van der Waals surface area contributed by atoms with Gasteiger partial charge in [-0.05, 0) is 37.6 Å². The highest BCUT2D eigenvalue weighted by Crippen LogP contribution is 2.15. The molecule has 0 spiro atoms. The molecule has 3 nitrogen and oxygen atoms in total. The Labute approximate surface area is 135 Å². The Hall–Kier alpha value is -1.51. The fraction of sp³-hybridized carbons (Fsp3) is 0.632. The van der Waals surface area contributed by atoms with Gasteiger partial charge in [0.05, 0.1) is 5.56 Å². The molecular formula is C19H31NO2. The molecule has 22 heavy (non-hydrogen) atoms. The smallest absolute Gasteiger partial charge is 0.335 e. The van der Waals surface area contributed by atoms with Crippen LogP contribution >= 0.6 is 0 Å². The third-order valence-corrected chi connectivity index (χ3v) is 4.04. The molecule has 0 aliphatic heterocycles. The normalized spacial score (nSPS) is 12.1. The molecule has 0 fully saturated rings. The Balaban J connectivity index is 2.10. The zero-order valence-corrected chi connectivity index (χ0v) is 14.1. The number of rotatable bonds is 12. The number of carboxylic acids is 1. The van der Waals surface area contributed by atoms with Crippen molar-refractivity contribution < 1.29 is 9.90 Å². The zero-order valence-electron chi connectivity index (χ0n) is 14.1. The third-order valence-electron chi connectivity index (χ3n) is 4.04. The largest absolute Gasteiger partial charge is 0.478 e. The summed E-state index contributed by atoms with van der Waals surface area (Å²) in [5.74, 6) is -0.876. The number of hydrogen-bond acceptors (Lipinski definition) is 2. The summed E-state index contributed by atoms with van der Waals surface area (Å²) in [6.45, 7) is 4.44. The Morgan fingerprint density at radius 3 is 2.09 bits per heavy atom. The van der Waals surface area contributed by atoms with Crippen molar-refractivity contribution in [3.63, 3.8) is 0 Å². The van der Waals surface area contributed by atoms with Crippen LogP contribution < -0.4 is 5.32 Å². The molecule has 1 aromatic carbocycles. The first kappa shape index (κ1) is 18.5. The minimum absolute atomic E-state index is 0.335. The minimum Gasteiger partial charge on any atom is -0.478 e. The van der Waals surface area contributed by atoms with Crippen molar-refractivity contribution in [3.05, 3.63) is 29.8 Å². The molecule has 124 valence electrons. The van der Waals surface area contributed by atoms with E-state index in [4.69, 9.17) is 5.11 Å². The highest BCUT2D eigenvalue weighted by molar-refractivity contribution is 5.87. The monoisotopic (exact) mass is 305 g/mol. The number of anilines is 1. The van der Waals surface area contributed by atoms with Gasteiger partial charge in [-0.2, -0.15) is 0 Å². The molecule has 2 N–H and O–H groups in total. The summed E-state index contributed by atoms with van der Waals surface area (Å²) >= 11 is 0. The molecule has 1 atom stereocenters. The summed E-state index contributed by atoms with van der Waals surface area (Å²) in [5.41, 5.74) is 1.33. The number of nitrogens with one attached hydrogen (secondary N) is 1. The van der Waals surface area contributed by atoms with E-state index in [2.05, 4.69) is 19.2 Å². The van der Waals surface area contributed by atoms with Gasteiger partial charge in [-0.25, -0.2) is 4.79 Å². The average molecular weight is 305 g/mol. The van der Waals surface area contributed by atoms with Crippen LogP contribution in [0, 0.1) is 0 Å². The maximum atomic E-state index is 10.8. The Bertz CT molecular complexity index is 414. The summed E-state index contributed by atoms with van der Waals surface area (Å²) in [6.07, 6.45) is 11.9. The zero-order chi connectivity index (χ0) is 16.2. The second-order valence-electron chi connectivity index (χ2n) is 6.19. The first-order chi connectivity index (χ1) is 10.6. The average Bonchev–Trinajstić information content (AvgIpc) is 2.50. The lowest BCUT2D eigenvalue weighted by Gasteiger charge is -2.15. The molecule has 1 aromatic rings. The predicted octanol–water partition coefficient (Wildman–Crippen LogP) is 5.72.